The Balaban J connectivity index is 2.13. The molecule has 0 spiro atoms. The molecule has 0 bridgehead atoms. The summed E-state index contributed by atoms with van der Waals surface area (Å²) in [5.74, 6) is 0.122. The second kappa shape index (κ2) is 4.13. The molecule has 1 aliphatic heterocycles. The highest BCUT2D eigenvalue weighted by Gasteiger charge is 2.30. The van der Waals surface area contributed by atoms with Gasteiger partial charge in [0.2, 0.25) is 5.78 Å². The van der Waals surface area contributed by atoms with Crippen molar-refractivity contribution in [2.75, 3.05) is 0 Å². The molecular formula is C10H11BrO2S. The van der Waals surface area contributed by atoms with E-state index in [1.807, 2.05) is 18.4 Å². The van der Waals surface area contributed by atoms with Gasteiger partial charge < -0.3 is 4.74 Å². The predicted molar refractivity (Wildman–Crippen MR) is 59.9 cm³/mol. The molecule has 2 nitrogen and oxygen atoms in total. The van der Waals surface area contributed by atoms with Gasteiger partial charge in [0, 0.05) is 4.47 Å². The number of Topliss-reactive ketones (excluding diaryl/α,β-unsaturated/α-hetero) is 1. The van der Waals surface area contributed by atoms with Crippen LogP contribution in [-0.4, -0.2) is 18.0 Å². The van der Waals surface area contributed by atoms with Gasteiger partial charge in [-0.1, -0.05) is 0 Å². The number of ketones is 1. The van der Waals surface area contributed by atoms with E-state index < -0.39 is 0 Å². The summed E-state index contributed by atoms with van der Waals surface area (Å²) in [6, 6.07) is 1.90. The number of hydrogen-bond donors (Lipinski definition) is 0. The highest BCUT2D eigenvalue weighted by molar-refractivity contribution is 9.10. The van der Waals surface area contributed by atoms with Gasteiger partial charge in [-0.15, -0.1) is 11.3 Å². The van der Waals surface area contributed by atoms with Crippen LogP contribution >= 0.6 is 27.3 Å². The summed E-state index contributed by atoms with van der Waals surface area (Å²) in [5.41, 5.74) is 0. The van der Waals surface area contributed by atoms with Crippen molar-refractivity contribution in [2.24, 2.45) is 0 Å². The lowest BCUT2D eigenvalue weighted by molar-refractivity contribution is 0.0436. The van der Waals surface area contributed by atoms with Crippen molar-refractivity contribution in [1.29, 1.82) is 0 Å². The van der Waals surface area contributed by atoms with Crippen molar-refractivity contribution in [1.82, 2.24) is 0 Å². The average molecular weight is 275 g/mol. The molecule has 76 valence electrons. The number of rotatable bonds is 2. The third-order valence-electron chi connectivity index (χ3n) is 2.37. The molecule has 2 rings (SSSR count). The van der Waals surface area contributed by atoms with Crippen LogP contribution in [-0.2, 0) is 4.74 Å². The molecule has 1 saturated heterocycles. The summed E-state index contributed by atoms with van der Waals surface area (Å²) in [4.78, 5) is 12.7. The van der Waals surface area contributed by atoms with Gasteiger partial charge in [0.25, 0.3) is 0 Å². The van der Waals surface area contributed by atoms with E-state index >= 15 is 0 Å². The maximum absolute atomic E-state index is 11.9. The summed E-state index contributed by atoms with van der Waals surface area (Å²) in [7, 11) is 0. The first-order chi connectivity index (χ1) is 6.68. The lowest BCUT2D eigenvalue weighted by atomic mass is 10.1. The maximum atomic E-state index is 11.9. The largest absolute Gasteiger partial charge is 0.367 e. The number of carbonyl (C=O) groups excluding carboxylic acids is 1. The van der Waals surface area contributed by atoms with Crippen LogP contribution in [0.25, 0.3) is 0 Å². The van der Waals surface area contributed by atoms with Gasteiger partial charge in [0.1, 0.15) is 6.10 Å². The Kier molecular flexibility index (Phi) is 3.04. The van der Waals surface area contributed by atoms with E-state index in [1.54, 1.807) is 0 Å². The van der Waals surface area contributed by atoms with Gasteiger partial charge in [0.15, 0.2) is 0 Å². The first-order valence-electron chi connectivity index (χ1n) is 4.61. The van der Waals surface area contributed by atoms with Crippen LogP contribution in [0.15, 0.2) is 15.9 Å². The highest BCUT2D eigenvalue weighted by atomic mass is 79.9. The Morgan fingerprint density at radius 3 is 2.93 bits per heavy atom. The number of hydrogen-bond acceptors (Lipinski definition) is 3. The predicted octanol–water partition coefficient (Wildman–Crippen LogP) is 3.26. The molecule has 1 fully saturated rings. The molecule has 2 heterocycles. The molecule has 4 heteroatoms. The van der Waals surface area contributed by atoms with Crippen molar-refractivity contribution >= 4 is 33.0 Å². The number of thiophene rings is 1. The van der Waals surface area contributed by atoms with Crippen LogP contribution in [0.4, 0.5) is 0 Å². The third-order valence-corrected chi connectivity index (χ3v) is 4.22. The fourth-order valence-electron chi connectivity index (χ4n) is 1.61. The zero-order valence-electron chi connectivity index (χ0n) is 7.83. The first kappa shape index (κ1) is 10.3. The van der Waals surface area contributed by atoms with Crippen LogP contribution in [0, 0.1) is 0 Å². The van der Waals surface area contributed by atoms with Crippen LogP contribution in [0.5, 0.6) is 0 Å². The smallest absolute Gasteiger partial charge is 0.202 e. The Labute approximate surface area is 95.4 Å². The molecule has 1 aliphatic rings. The first-order valence-corrected chi connectivity index (χ1v) is 6.28. The standard InChI is InChI=1S/C10H11BrO2S/c1-6-2-3-8(13-6)9(12)10-7(11)4-5-14-10/h4-6,8H,2-3H2,1H3. The second-order valence-electron chi connectivity index (χ2n) is 3.47. The van der Waals surface area contributed by atoms with E-state index in [2.05, 4.69) is 15.9 Å². The molecule has 1 aromatic heterocycles. The van der Waals surface area contributed by atoms with Crippen molar-refractivity contribution < 1.29 is 9.53 Å². The van der Waals surface area contributed by atoms with E-state index in [9.17, 15) is 4.79 Å². The maximum Gasteiger partial charge on any atom is 0.202 e. The minimum atomic E-state index is -0.222. The Morgan fingerprint density at radius 1 is 1.64 bits per heavy atom. The van der Waals surface area contributed by atoms with Crippen molar-refractivity contribution in [2.45, 2.75) is 32.0 Å². The zero-order valence-corrected chi connectivity index (χ0v) is 10.2. The molecule has 2 unspecified atom stereocenters. The summed E-state index contributed by atoms with van der Waals surface area (Å²) in [6.45, 7) is 2.01. The van der Waals surface area contributed by atoms with Crippen LogP contribution in [0.2, 0.25) is 0 Å². The molecule has 0 aromatic carbocycles. The molecule has 0 radical (unpaired) electrons. The Morgan fingerprint density at radius 2 is 2.43 bits per heavy atom. The Hall–Kier alpha value is -0.190. The lowest BCUT2D eigenvalue weighted by Crippen LogP contribution is -2.20. The van der Waals surface area contributed by atoms with E-state index in [0.29, 0.717) is 0 Å². The van der Waals surface area contributed by atoms with Gasteiger partial charge in [-0.25, -0.2) is 0 Å². The summed E-state index contributed by atoms with van der Waals surface area (Å²) >= 11 is 4.83. The molecule has 1 aromatic rings. The monoisotopic (exact) mass is 274 g/mol. The fourth-order valence-corrected chi connectivity index (χ4v) is 3.16. The van der Waals surface area contributed by atoms with Crippen LogP contribution < -0.4 is 0 Å². The Bertz CT molecular complexity index is 348. The highest BCUT2D eigenvalue weighted by Crippen LogP contribution is 2.29. The van der Waals surface area contributed by atoms with Crippen molar-refractivity contribution in [3.05, 3.63) is 20.8 Å². The number of carbonyl (C=O) groups is 1. The summed E-state index contributed by atoms with van der Waals surface area (Å²) < 4.78 is 6.42. The van der Waals surface area contributed by atoms with Gasteiger partial charge in [0.05, 0.1) is 11.0 Å². The second-order valence-corrected chi connectivity index (χ2v) is 5.25. The van der Waals surface area contributed by atoms with Crippen molar-refractivity contribution in [3.63, 3.8) is 0 Å². The molecule has 0 N–H and O–H groups in total. The molecule has 0 saturated carbocycles. The van der Waals surface area contributed by atoms with Gasteiger partial charge in [-0.3, -0.25) is 4.79 Å². The number of halogens is 1. The minimum absolute atomic E-state index is 0.122. The van der Waals surface area contributed by atoms with Gasteiger partial charge >= 0.3 is 0 Å². The quantitative estimate of drug-likeness (QED) is 0.774. The number of ether oxygens (including phenoxy) is 1. The molecular weight excluding hydrogens is 264 g/mol. The normalized spacial score (nSPS) is 26.7. The summed E-state index contributed by atoms with van der Waals surface area (Å²) in [6.07, 6.45) is 1.84. The van der Waals surface area contributed by atoms with Crippen molar-refractivity contribution in [3.8, 4) is 0 Å². The zero-order chi connectivity index (χ0) is 10.1. The van der Waals surface area contributed by atoms with Crippen LogP contribution in [0.1, 0.15) is 29.4 Å². The van der Waals surface area contributed by atoms with E-state index in [-0.39, 0.29) is 18.0 Å². The third kappa shape index (κ3) is 1.92. The van der Waals surface area contributed by atoms with Gasteiger partial charge in [-0.05, 0) is 47.1 Å². The minimum Gasteiger partial charge on any atom is -0.367 e. The topological polar surface area (TPSA) is 26.3 Å². The fraction of sp³-hybridized carbons (Fsp3) is 0.500. The van der Waals surface area contributed by atoms with Crippen LogP contribution in [0.3, 0.4) is 0 Å². The summed E-state index contributed by atoms with van der Waals surface area (Å²) in [5, 5.41) is 1.91. The molecule has 0 amide bonds. The molecule has 0 aliphatic carbocycles. The van der Waals surface area contributed by atoms with E-state index in [4.69, 9.17) is 4.74 Å². The lowest BCUT2D eigenvalue weighted by Gasteiger charge is -2.08. The van der Waals surface area contributed by atoms with E-state index in [0.717, 1.165) is 22.2 Å². The van der Waals surface area contributed by atoms with Gasteiger partial charge in [-0.2, -0.15) is 0 Å². The van der Waals surface area contributed by atoms with E-state index in [1.165, 1.54) is 11.3 Å². The average Bonchev–Trinajstić information content (AvgIpc) is 2.73. The molecule has 14 heavy (non-hydrogen) atoms. The SMILES string of the molecule is CC1CCC(C(=O)c2sccc2Br)O1. The molecule has 2 atom stereocenters.